The van der Waals surface area contributed by atoms with Crippen LogP contribution in [0.1, 0.15) is 41.6 Å². The number of aliphatic hydroxyl groups excluding tert-OH is 1. The van der Waals surface area contributed by atoms with E-state index in [0.29, 0.717) is 5.92 Å². The van der Waals surface area contributed by atoms with Gasteiger partial charge in [-0.25, -0.2) is 0 Å². The molecule has 0 radical (unpaired) electrons. The van der Waals surface area contributed by atoms with Crippen molar-refractivity contribution >= 4 is 10.9 Å². The summed E-state index contributed by atoms with van der Waals surface area (Å²) in [5.74, 6) is 0.443. The smallest absolute Gasteiger partial charge is 0.0571 e. The van der Waals surface area contributed by atoms with E-state index >= 15 is 0 Å². The molecule has 1 aromatic heterocycles. The zero-order valence-corrected chi connectivity index (χ0v) is 12.1. The topological polar surface area (TPSA) is 36.0 Å². The van der Waals surface area contributed by atoms with E-state index in [1.165, 1.54) is 39.7 Å². The molecule has 1 saturated carbocycles. The maximum Gasteiger partial charge on any atom is 0.0571 e. The number of aryl methyl sites for hydroxylation is 3. The number of hydrogen-bond donors (Lipinski definition) is 2. The van der Waals surface area contributed by atoms with Crippen LogP contribution in [0.15, 0.2) is 12.1 Å². The summed E-state index contributed by atoms with van der Waals surface area (Å²) >= 11 is 0. The van der Waals surface area contributed by atoms with Crippen molar-refractivity contribution in [3.8, 4) is 0 Å². The number of fused-ring (bicyclic) bond motifs is 1. The lowest BCUT2D eigenvalue weighted by atomic mass is 9.93. The van der Waals surface area contributed by atoms with E-state index < -0.39 is 0 Å². The summed E-state index contributed by atoms with van der Waals surface area (Å²) in [6.07, 6.45) is 4.22. The van der Waals surface area contributed by atoms with E-state index in [-0.39, 0.29) is 6.10 Å². The van der Waals surface area contributed by atoms with Gasteiger partial charge < -0.3 is 10.1 Å². The van der Waals surface area contributed by atoms with Crippen molar-refractivity contribution in [2.24, 2.45) is 5.92 Å². The molecule has 1 heterocycles. The van der Waals surface area contributed by atoms with Gasteiger partial charge in [0.25, 0.3) is 0 Å². The summed E-state index contributed by atoms with van der Waals surface area (Å²) in [6, 6.07) is 4.48. The molecule has 3 rings (SSSR count). The first-order valence-electron chi connectivity index (χ1n) is 7.32. The number of aliphatic hydroxyl groups is 1. The zero-order chi connectivity index (χ0) is 13.6. The molecule has 0 amide bonds. The molecule has 19 heavy (non-hydrogen) atoms. The second kappa shape index (κ2) is 4.68. The Balaban J connectivity index is 2.05. The lowest BCUT2D eigenvalue weighted by molar-refractivity contribution is 0.133. The van der Waals surface area contributed by atoms with Crippen molar-refractivity contribution in [3.05, 3.63) is 34.5 Å². The average Bonchev–Trinajstić information content (AvgIpc) is 2.85. The van der Waals surface area contributed by atoms with Crippen LogP contribution in [0.5, 0.6) is 0 Å². The summed E-state index contributed by atoms with van der Waals surface area (Å²) in [4.78, 5) is 3.52. The van der Waals surface area contributed by atoms with Gasteiger partial charge in [0.15, 0.2) is 0 Å². The Morgan fingerprint density at radius 2 is 2.00 bits per heavy atom. The summed E-state index contributed by atoms with van der Waals surface area (Å²) in [5.41, 5.74) is 6.58. The first-order chi connectivity index (χ1) is 9.06. The number of aromatic nitrogens is 1. The second-order valence-corrected chi connectivity index (χ2v) is 6.20. The molecule has 2 nitrogen and oxygen atoms in total. The van der Waals surface area contributed by atoms with Gasteiger partial charge in [0.2, 0.25) is 0 Å². The Morgan fingerprint density at radius 3 is 2.68 bits per heavy atom. The third-order valence-corrected chi connectivity index (χ3v) is 4.64. The van der Waals surface area contributed by atoms with Crippen LogP contribution in [0, 0.1) is 26.7 Å². The Bertz CT molecular complexity index is 611. The number of aromatic amines is 1. The Hall–Kier alpha value is -1.28. The van der Waals surface area contributed by atoms with Crippen LogP contribution in [0.4, 0.5) is 0 Å². The number of rotatable bonds is 2. The molecule has 2 atom stereocenters. The number of nitrogens with one attached hydrogen (secondary N) is 1. The molecule has 1 aliphatic rings. The molecule has 1 fully saturated rings. The van der Waals surface area contributed by atoms with Gasteiger partial charge in [-0.1, -0.05) is 12.5 Å². The zero-order valence-electron chi connectivity index (χ0n) is 12.1. The maximum absolute atomic E-state index is 10.1. The predicted molar refractivity (Wildman–Crippen MR) is 79.6 cm³/mol. The number of H-pyrrole nitrogens is 1. The van der Waals surface area contributed by atoms with Crippen molar-refractivity contribution in [2.75, 3.05) is 0 Å². The minimum Gasteiger partial charge on any atom is -0.393 e. The molecule has 2 unspecified atom stereocenters. The number of benzene rings is 1. The van der Waals surface area contributed by atoms with Crippen molar-refractivity contribution in [1.29, 1.82) is 0 Å². The molecule has 2 N–H and O–H groups in total. The predicted octanol–water partition coefficient (Wildman–Crippen LogP) is 3.80. The molecule has 0 bridgehead atoms. The van der Waals surface area contributed by atoms with Gasteiger partial charge in [-0.15, -0.1) is 0 Å². The lowest BCUT2D eigenvalue weighted by Gasteiger charge is -2.15. The highest BCUT2D eigenvalue weighted by Gasteiger charge is 2.27. The molecule has 0 saturated heterocycles. The highest BCUT2D eigenvalue weighted by atomic mass is 16.3. The fourth-order valence-corrected chi connectivity index (χ4v) is 3.70. The van der Waals surface area contributed by atoms with Crippen LogP contribution in [0.3, 0.4) is 0 Å². The Kier molecular flexibility index (Phi) is 3.14. The standard InChI is InChI=1S/C17H23NO/c1-10-7-11(2)17-14(12(3)18-15(17)8-10)9-13-5-4-6-16(13)19/h7-8,13,16,18-19H,4-6,9H2,1-3H3. The van der Waals surface area contributed by atoms with Crippen LogP contribution in [0.2, 0.25) is 0 Å². The Labute approximate surface area is 114 Å². The molecule has 2 heteroatoms. The van der Waals surface area contributed by atoms with Gasteiger partial charge in [-0.3, -0.25) is 0 Å². The third kappa shape index (κ3) is 2.18. The van der Waals surface area contributed by atoms with Gasteiger partial charge in [-0.05, 0) is 68.7 Å². The molecule has 1 aliphatic carbocycles. The van der Waals surface area contributed by atoms with Gasteiger partial charge in [0, 0.05) is 16.6 Å². The quantitative estimate of drug-likeness (QED) is 0.843. The fourth-order valence-electron chi connectivity index (χ4n) is 3.70. The summed E-state index contributed by atoms with van der Waals surface area (Å²) in [6.45, 7) is 6.49. The van der Waals surface area contributed by atoms with Gasteiger partial charge in [-0.2, -0.15) is 0 Å². The number of hydrogen-bond acceptors (Lipinski definition) is 1. The largest absolute Gasteiger partial charge is 0.393 e. The SMILES string of the molecule is Cc1cc(C)c2c(CC3CCCC3O)c(C)[nH]c2c1. The van der Waals surface area contributed by atoms with E-state index in [9.17, 15) is 5.11 Å². The van der Waals surface area contributed by atoms with Crippen LogP contribution in [0.25, 0.3) is 10.9 Å². The van der Waals surface area contributed by atoms with E-state index in [2.05, 4.69) is 37.9 Å². The van der Waals surface area contributed by atoms with Crippen LogP contribution >= 0.6 is 0 Å². The van der Waals surface area contributed by atoms with Crippen molar-refractivity contribution in [2.45, 2.75) is 52.6 Å². The molecule has 0 spiro atoms. The Morgan fingerprint density at radius 1 is 1.21 bits per heavy atom. The first-order valence-corrected chi connectivity index (χ1v) is 7.32. The monoisotopic (exact) mass is 257 g/mol. The van der Waals surface area contributed by atoms with Crippen LogP contribution in [-0.2, 0) is 6.42 Å². The van der Waals surface area contributed by atoms with Crippen molar-refractivity contribution in [1.82, 2.24) is 4.98 Å². The van der Waals surface area contributed by atoms with E-state index in [4.69, 9.17) is 0 Å². The summed E-state index contributed by atoms with van der Waals surface area (Å²) < 4.78 is 0. The highest BCUT2D eigenvalue weighted by molar-refractivity contribution is 5.88. The maximum atomic E-state index is 10.1. The van der Waals surface area contributed by atoms with Gasteiger partial charge >= 0.3 is 0 Å². The van der Waals surface area contributed by atoms with Crippen LogP contribution in [-0.4, -0.2) is 16.2 Å². The van der Waals surface area contributed by atoms with Crippen molar-refractivity contribution < 1.29 is 5.11 Å². The normalized spacial score (nSPS) is 23.4. The van der Waals surface area contributed by atoms with E-state index in [1.54, 1.807) is 0 Å². The average molecular weight is 257 g/mol. The molecule has 1 aromatic carbocycles. The molecule has 0 aliphatic heterocycles. The molecular weight excluding hydrogens is 234 g/mol. The third-order valence-electron chi connectivity index (χ3n) is 4.64. The van der Waals surface area contributed by atoms with Gasteiger partial charge in [0.1, 0.15) is 0 Å². The molecular formula is C17H23NO. The second-order valence-electron chi connectivity index (χ2n) is 6.20. The van der Waals surface area contributed by atoms with Crippen LogP contribution < -0.4 is 0 Å². The first kappa shape index (κ1) is 12.7. The minimum absolute atomic E-state index is 0.102. The summed E-state index contributed by atoms with van der Waals surface area (Å²) in [5, 5.41) is 11.4. The summed E-state index contributed by atoms with van der Waals surface area (Å²) in [7, 11) is 0. The minimum atomic E-state index is -0.102. The van der Waals surface area contributed by atoms with Crippen molar-refractivity contribution in [3.63, 3.8) is 0 Å². The van der Waals surface area contributed by atoms with Gasteiger partial charge in [0.05, 0.1) is 6.10 Å². The highest BCUT2D eigenvalue weighted by Crippen LogP contribution is 2.34. The van der Waals surface area contributed by atoms with E-state index in [0.717, 1.165) is 19.3 Å². The lowest BCUT2D eigenvalue weighted by Crippen LogP contribution is -2.15. The molecule has 102 valence electrons. The fraction of sp³-hybridized carbons (Fsp3) is 0.529. The molecule has 2 aromatic rings. The van der Waals surface area contributed by atoms with E-state index in [1.807, 2.05) is 0 Å².